The van der Waals surface area contributed by atoms with Crippen LogP contribution in [0, 0.1) is 5.41 Å². The number of hydrogen-bond acceptors (Lipinski definition) is 5. The highest BCUT2D eigenvalue weighted by Crippen LogP contribution is 2.36. The third-order valence-corrected chi connectivity index (χ3v) is 9.53. The molecular formula is C31H44BN5O2Si. The normalized spacial score (nSPS) is 14.8. The zero-order valence-electron chi connectivity index (χ0n) is 24.7. The minimum Gasteiger partial charge on any atom is -0.382 e. The smallest absolute Gasteiger partial charge is 0.229 e. The molecule has 1 atom stereocenters. The first-order valence-corrected chi connectivity index (χ1v) is 18.2. The van der Waals surface area contributed by atoms with Crippen molar-refractivity contribution in [2.24, 2.45) is 5.41 Å². The molecule has 3 heterocycles. The van der Waals surface area contributed by atoms with E-state index in [0.29, 0.717) is 37.7 Å². The number of nitrogens with zero attached hydrogens (tertiary/aromatic N) is 4. The maximum absolute atomic E-state index is 14.2. The van der Waals surface area contributed by atoms with Gasteiger partial charge >= 0.3 is 0 Å². The van der Waals surface area contributed by atoms with Gasteiger partial charge < -0.3 is 15.4 Å². The number of amides is 1. The Morgan fingerprint density at radius 2 is 1.85 bits per heavy atom. The highest BCUT2D eigenvalue weighted by Gasteiger charge is 2.40. The summed E-state index contributed by atoms with van der Waals surface area (Å²) in [6.07, 6.45) is 5.44. The zero-order chi connectivity index (χ0) is 28.8. The number of benzene rings is 1. The highest BCUT2D eigenvalue weighted by atomic mass is 28.3. The number of rotatable bonds is 14. The van der Waals surface area contributed by atoms with Crippen LogP contribution in [-0.2, 0) is 42.2 Å². The predicted octanol–water partition coefficient (Wildman–Crippen LogP) is 4.86. The lowest BCUT2D eigenvalue weighted by Gasteiger charge is -2.33. The molecule has 40 heavy (non-hydrogen) atoms. The van der Waals surface area contributed by atoms with Gasteiger partial charge in [0.05, 0.1) is 24.2 Å². The highest BCUT2D eigenvalue weighted by molar-refractivity contribution is 6.76. The number of hydrogen-bond donors (Lipinski definition) is 1. The molecule has 2 N–H and O–H groups in total. The van der Waals surface area contributed by atoms with Crippen LogP contribution < -0.4 is 11.3 Å². The summed E-state index contributed by atoms with van der Waals surface area (Å²) in [4.78, 5) is 20.5. The fourth-order valence-corrected chi connectivity index (χ4v) is 6.20. The maximum atomic E-state index is 14.2. The summed E-state index contributed by atoms with van der Waals surface area (Å²) in [5, 5.41) is 4.52. The molecule has 1 aromatic carbocycles. The lowest BCUT2D eigenvalue weighted by atomic mass is 9.77. The summed E-state index contributed by atoms with van der Waals surface area (Å²) < 4.78 is 7.80. The van der Waals surface area contributed by atoms with Crippen molar-refractivity contribution in [3.8, 4) is 0 Å². The number of fused-ring (bicyclic) bond motifs is 1. The molecule has 4 rings (SSSR count). The van der Waals surface area contributed by atoms with Crippen LogP contribution in [-0.4, -0.2) is 48.1 Å². The molecule has 1 aliphatic heterocycles. The first-order chi connectivity index (χ1) is 19.0. The van der Waals surface area contributed by atoms with Gasteiger partial charge in [0.1, 0.15) is 14.6 Å². The van der Waals surface area contributed by atoms with Crippen LogP contribution in [0.1, 0.15) is 55.1 Å². The maximum Gasteiger partial charge on any atom is 0.229 e. The molecule has 0 bridgehead atoms. The number of aromatic nitrogens is 3. The number of carbonyl (C=O) groups excluding carboxylic acids is 1. The Balaban J connectivity index is 1.39. The van der Waals surface area contributed by atoms with E-state index < -0.39 is 13.5 Å². The van der Waals surface area contributed by atoms with E-state index in [1.807, 2.05) is 46.0 Å². The van der Waals surface area contributed by atoms with Gasteiger partial charge in [-0.05, 0) is 49.0 Å². The Hall–Kier alpha value is -2.91. The number of nitrogens with two attached hydrogens (primary N) is 1. The number of aryl methyl sites for hydroxylation is 1. The number of anilines is 1. The summed E-state index contributed by atoms with van der Waals surface area (Å²) in [6.45, 7) is 11.2. The molecule has 7 nitrogen and oxygen atoms in total. The Bertz CT molecular complexity index is 1280. The fourth-order valence-electron chi connectivity index (χ4n) is 5.45. The van der Waals surface area contributed by atoms with Crippen molar-refractivity contribution < 1.29 is 9.53 Å². The van der Waals surface area contributed by atoms with Crippen LogP contribution in [0.25, 0.3) is 0 Å². The summed E-state index contributed by atoms with van der Waals surface area (Å²) in [5.41, 5.74) is 10.5. The fraction of sp³-hybridized carbons (Fsp3) is 0.516. The molecule has 1 amide bonds. The monoisotopic (exact) mass is 557 g/mol. The summed E-state index contributed by atoms with van der Waals surface area (Å²) in [6, 6.07) is 17.2. The molecule has 212 valence electrons. The van der Waals surface area contributed by atoms with Gasteiger partial charge in [-0.25, -0.2) is 4.68 Å². The van der Waals surface area contributed by atoms with E-state index in [0.717, 1.165) is 61.7 Å². The molecule has 2 radical (unpaired) electrons. The van der Waals surface area contributed by atoms with Crippen molar-refractivity contribution in [1.82, 2.24) is 19.7 Å². The SMILES string of the molecule is [B]c1cccc(CCCCCC(C)(Cc2ccccc2)C(=O)N2Cc3c(N)nn(COCC[Si](C)(C)C)c3C2)n1. The number of pyridine rings is 1. The Labute approximate surface area is 241 Å². The van der Waals surface area contributed by atoms with Gasteiger partial charge in [0.15, 0.2) is 5.82 Å². The minimum atomic E-state index is -1.17. The van der Waals surface area contributed by atoms with Gasteiger partial charge in [-0.15, -0.1) is 0 Å². The minimum absolute atomic E-state index is 0.177. The quantitative estimate of drug-likeness (QED) is 0.226. The van der Waals surface area contributed by atoms with Crippen LogP contribution in [0.5, 0.6) is 0 Å². The third kappa shape index (κ3) is 8.07. The van der Waals surface area contributed by atoms with Crippen LogP contribution in [0.3, 0.4) is 0 Å². The Kier molecular flexibility index (Phi) is 9.90. The average molecular weight is 558 g/mol. The van der Waals surface area contributed by atoms with Crippen molar-refractivity contribution in [3.63, 3.8) is 0 Å². The third-order valence-electron chi connectivity index (χ3n) is 7.83. The van der Waals surface area contributed by atoms with Gasteiger partial charge in [0, 0.05) is 25.9 Å². The van der Waals surface area contributed by atoms with E-state index in [-0.39, 0.29) is 5.91 Å². The molecule has 0 aliphatic carbocycles. The first kappa shape index (κ1) is 30.1. The number of ether oxygens (including phenoxy) is 1. The molecule has 3 aromatic rings. The summed E-state index contributed by atoms with van der Waals surface area (Å²) in [7, 11) is 4.66. The molecular weight excluding hydrogens is 513 g/mol. The lowest BCUT2D eigenvalue weighted by molar-refractivity contribution is -0.142. The molecule has 9 heteroatoms. The van der Waals surface area contributed by atoms with E-state index in [2.05, 4.69) is 48.8 Å². The van der Waals surface area contributed by atoms with Crippen LogP contribution in [0.4, 0.5) is 5.82 Å². The van der Waals surface area contributed by atoms with Crippen molar-refractivity contribution in [2.75, 3.05) is 12.3 Å². The van der Waals surface area contributed by atoms with Gasteiger partial charge in [-0.3, -0.25) is 9.78 Å². The lowest BCUT2D eigenvalue weighted by Crippen LogP contribution is -2.41. The topological polar surface area (TPSA) is 86.3 Å². The van der Waals surface area contributed by atoms with Crippen LogP contribution in [0.15, 0.2) is 48.5 Å². The Morgan fingerprint density at radius 1 is 1.07 bits per heavy atom. The number of carbonyl (C=O) groups is 1. The first-order valence-electron chi connectivity index (χ1n) is 14.5. The zero-order valence-corrected chi connectivity index (χ0v) is 25.7. The number of unbranched alkanes of at least 4 members (excludes halogenated alkanes) is 2. The number of nitrogen functional groups attached to an aromatic ring is 1. The van der Waals surface area contributed by atoms with Crippen molar-refractivity contribution in [1.29, 1.82) is 0 Å². The van der Waals surface area contributed by atoms with E-state index >= 15 is 0 Å². The molecule has 0 saturated carbocycles. The van der Waals surface area contributed by atoms with Gasteiger partial charge in [0.2, 0.25) is 5.91 Å². The predicted molar refractivity (Wildman–Crippen MR) is 165 cm³/mol. The van der Waals surface area contributed by atoms with Crippen LogP contribution >= 0.6 is 0 Å². The second-order valence-corrected chi connectivity index (χ2v) is 18.3. The Morgan fingerprint density at radius 3 is 2.58 bits per heavy atom. The van der Waals surface area contributed by atoms with Crippen molar-refractivity contribution in [3.05, 3.63) is 71.0 Å². The molecule has 0 fully saturated rings. The van der Waals surface area contributed by atoms with Gasteiger partial charge in [-0.1, -0.05) is 81.9 Å². The van der Waals surface area contributed by atoms with E-state index in [9.17, 15) is 4.79 Å². The second-order valence-electron chi connectivity index (χ2n) is 12.7. The van der Waals surface area contributed by atoms with Crippen molar-refractivity contribution >= 4 is 33.2 Å². The summed E-state index contributed by atoms with van der Waals surface area (Å²) in [5.74, 6) is 0.676. The van der Waals surface area contributed by atoms with Crippen molar-refractivity contribution in [2.45, 2.75) is 91.0 Å². The standard InChI is InChI=1S/C31H44BN5O2Si/c1-31(20-24-12-7-5-8-13-24,17-10-6-9-14-25-15-11-16-28(32)34-25)30(38)36-21-26-27(22-36)37(35-29(26)33)23-39-18-19-40(2,3)4/h5,7-8,11-13,15-16H,6,9-10,14,17-23H2,1-4H3,(H2,33,35). The summed E-state index contributed by atoms with van der Waals surface area (Å²) >= 11 is 0. The van der Waals surface area contributed by atoms with Gasteiger partial charge in [0.25, 0.3) is 0 Å². The van der Waals surface area contributed by atoms with Crippen LogP contribution in [0.2, 0.25) is 25.7 Å². The average Bonchev–Trinajstić information content (AvgIpc) is 3.46. The van der Waals surface area contributed by atoms with Gasteiger partial charge in [-0.2, -0.15) is 5.10 Å². The molecule has 1 aliphatic rings. The van der Waals surface area contributed by atoms with E-state index in [4.69, 9.17) is 18.3 Å². The largest absolute Gasteiger partial charge is 0.382 e. The molecule has 1 unspecified atom stereocenters. The molecule has 0 saturated heterocycles. The molecule has 0 spiro atoms. The van der Waals surface area contributed by atoms with E-state index in [1.165, 1.54) is 5.56 Å². The molecule has 2 aromatic heterocycles. The second kappa shape index (κ2) is 13.2. The van der Waals surface area contributed by atoms with E-state index in [1.54, 1.807) is 0 Å².